The summed E-state index contributed by atoms with van der Waals surface area (Å²) in [4.78, 5) is 15.2. The topological polar surface area (TPSA) is 62.3 Å². The van der Waals surface area contributed by atoms with Crippen molar-refractivity contribution in [3.63, 3.8) is 0 Å². The second kappa shape index (κ2) is 5.12. The lowest BCUT2D eigenvalue weighted by atomic mass is 10.1. The van der Waals surface area contributed by atoms with Gasteiger partial charge < -0.3 is 14.8 Å². The molecule has 0 saturated heterocycles. The molecule has 96 valence electrons. The molecular weight excluding hydrogens is 230 g/mol. The molecule has 0 unspecified atom stereocenters. The second-order valence-electron chi connectivity index (χ2n) is 4.18. The molecule has 0 aliphatic rings. The zero-order valence-electron chi connectivity index (χ0n) is 10.6. The first kappa shape index (κ1) is 12.5. The highest BCUT2D eigenvalue weighted by Gasteiger charge is 2.19. The van der Waals surface area contributed by atoms with E-state index in [0.29, 0.717) is 12.2 Å². The third-order valence-corrected chi connectivity index (χ3v) is 2.84. The predicted molar refractivity (Wildman–Crippen MR) is 69.9 cm³/mol. The lowest BCUT2D eigenvalue weighted by Crippen LogP contribution is -2.07. The van der Waals surface area contributed by atoms with Gasteiger partial charge in [-0.15, -0.1) is 0 Å². The van der Waals surface area contributed by atoms with E-state index < -0.39 is 0 Å². The number of carbonyl (C=O) groups is 1. The molecule has 2 N–H and O–H groups in total. The van der Waals surface area contributed by atoms with E-state index in [0.717, 1.165) is 29.4 Å². The summed E-state index contributed by atoms with van der Waals surface area (Å²) in [6.45, 7) is 4.18. The van der Waals surface area contributed by atoms with E-state index in [4.69, 9.17) is 4.74 Å². The Balaban J connectivity index is 2.60. The highest BCUT2D eigenvalue weighted by Crippen LogP contribution is 2.27. The van der Waals surface area contributed by atoms with Crippen LogP contribution < -0.4 is 0 Å². The Labute approximate surface area is 106 Å². The van der Waals surface area contributed by atoms with Crippen LogP contribution in [-0.4, -0.2) is 22.7 Å². The Bertz CT molecular complexity index is 572. The fourth-order valence-corrected chi connectivity index (χ4v) is 2.11. The van der Waals surface area contributed by atoms with Gasteiger partial charge in [-0.25, -0.2) is 4.79 Å². The Morgan fingerprint density at radius 1 is 1.39 bits per heavy atom. The van der Waals surface area contributed by atoms with Crippen molar-refractivity contribution in [1.29, 1.82) is 0 Å². The summed E-state index contributed by atoms with van der Waals surface area (Å²) in [7, 11) is 0. The SMILES string of the molecule is CCCc1[nH]c2ccc(O)cc2c1C(=O)OCC. The van der Waals surface area contributed by atoms with Gasteiger partial charge >= 0.3 is 5.97 Å². The minimum atomic E-state index is -0.335. The summed E-state index contributed by atoms with van der Waals surface area (Å²) in [5.41, 5.74) is 2.26. The van der Waals surface area contributed by atoms with E-state index in [1.54, 1.807) is 25.1 Å². The number of phenols is 1. The van der Waals surface area contributed by atoms with Gasteiger partial charge in [-0.05, 0) is 31.5 Å². The summed E-state index contributed by atoms with van der Waals surface area (Å²) in [5.74, 6) is -0.187. The molecule has 0 atom stereocenters. The molecule has 1 heterocycles. The third kappa shape index (κ3) is 2.18. The second-order valence-corrected chi connectivity index (χ2v) is 4.18. The number of fused-ring (bicyclic) bond motifs is 1. The third-order valence-electron chi connectivity index (χ3n) is 2.84. The minimum Gasteiger partial charge on any atom is -0.508 e. The fourth-order valence-electron chi connectivity index (χ4n) is 2.11. The van der Waals surface area contributed by atoms with Gasteiger partial charge in [-0.2, -0.15) is 0 Å². The number of aryl methyl sites for hydroxylation is 1. The van der Waals surface area contributed by atoms with Crippen LogP contribution in [-0.2, 0) is 11.2 Å². The molecule has 0 amide bonds. The normalized spacial score (nSPS) is 10.8. The average Bonchev–Trinajstić information content (AvgIpc) is 2.67. The fraction of sp³-hybridized carbons (Fsp3) is 0.357. The minimum absolute atomic E-state index is 0.148. The largest absolute Gasteiger partial charge is 0.508 e. The Morgan fingerprint density at radius 3 is 2.83 bits per heavy atom. The molecule has 0 radical (unpaired) electrons. The number of phenolic OH excluding ortho intramolecular Hbond substituents is 1. The van der Waals surface area contributed by atoms with Crippen LogP contribution in [0.5, 0.6) is 5.75 Å². The Morgan fingerprint density at radius 2 is 2.17 bits per heavy atom. The highest BCUT2D eigenvalue weighted by atomic mass is 16.5. The van der Waals surface area contributed by atoms with Crippen LogP contribution in [0.25, 0.3) is 10.9 Å². The number of nitrogens with one attached hydrogen (secondary N) is 1. The monoisotopic (exact) mass is 247 g/mol. The molecule has 18 heavy (non-hydrogen) atoms. The number of rotatable bonds is 4. The molecule has 1 aromatic heterocycles. The van der Waals surface area contributed by atoms with Gasteiger partial charge in [0.05, 0.1) is 12.2 Å². The van der Waals surface area contributed by atoms with Crippen molar-refractivity contribution in [2.75, 3.05) is 6.61 Å². The molecule has 0 bridgehead atoms. The maximum Gasteiger partial charge on any atom is 0.340 e. The Kier molecular flexibility index (Phi) is 3.55. The molecule has 4 nitrogen and oxygen atoms in total. The van der Waals surface area contributed by atoms with E-state index in [9.17, 15) is 9.90 Å². The van der Waals surface area contributed by atoms with Crippen molar-refractivity contribution >= 4 is 16.9 Å². The van der Waals surface area contributed by atoms with Gasteiger partial charge in [0.2, 0.25) is 0 Å². The van der Waals surface area contributed by atoms with Crippen molar-refractivity contribution in [3.8, 4) is 5.75 Å². The zero-order chi connectivity index (χ0) is 13.1. The van der Waals surface area contributed by atoms with Gasteiger partial charge in [0, 0.05) is 16.6 Å². The number of esters is 1. The van der Waals surface area contributed by atoms with Gasteiger partial charge in [0.25, 0.3) is 0 Å². The van der Waals surface area contributed by atoms with Crippen molar-refractivity contribution in [2.45, 2.75) is 26.7 Å². The van der Waals surface area contributed by atoms with E-state index in [1.165, 1.54) is 0 Å². The van der Waals surface area contributed by atoms with Crippen LogP contribution in [0.1, 0.15) is 36.3 Å². The zero-order valence-corrected chi connectivity index (χ0v) is 10.6. The smallest absolute Gasteiger partial charge is 0.340 e. The maximum atomic E-state index is 12.0. The van der Waals surface area contributed by atoms with Gasteiger partial charge in [-0.1, -0.05) is 13.3 Å². The lowest BCUT2D eigenvalue weighted by Gasteiger charge is -2.03. The summed E-state index contributed by atoms with van der Waals surface area (Å²) in [5, 5.41) is 10.3. The number of hydrogen-bond acceptors (Lipinski definition) is 3. The number of aromatic amines is 1. The van der Waals surface area contributed by atoms with Crippen molar-refractivity contribution < 1.29 is 14.6 Å². The molecular formula is C14H17NO3. The first-order chi connectivity index (χ1) is 8.67. The molecule has 2 aromatic rings. The number of benzene rings is 1. The highest BCUT2D eigenvalue weighted by molar-refractivity contribution is 6.06. The molecule has 0 fully saturated rings. The van der Waals surface area contributed by atoms with Crippen molar-refractivity contribution in [1.82, 2.24) is 4.98 Å². The van der Waals surface area contributed by atoms with E-state index in [2.05, 4.69) is 11.9 Å². The van der Waals surface area contributed by atoms with E-state index in [-0.39, 0.29) is 11.7 Å². The van der Waals surface area contributed by atoms with Crippen LogP contribution in [0.15, 0.2) is 18.2 Å². The molecule has 4 heteroatoms. The summed E-state index contributed by atoms with van der Waals surface area (Å²) >= 11 is 0. The van der Waals surface area contributed by atoms with Crippen molar-refractivity contribution in [3.05, 3.63) is 29.5 Å². The van der Waals surface area contributed by atoms with Crippen LogP contribution in [0.3, 0.4) is 0 Å². The molecule has 1 aromatic carbocycles. The molecule has 2 rings (SSSR count). The number of aromatic nitrogens is 1. The number of carbonyl (C=O) groups excluding carboxylic acids is 1. The van der Waals surface area contributed by atoms with Gasteiger partial charge in [-0.3, -0.25) is 0 Å². The van der Waals surface area contributed by atoms with Crippen LogP contribution in [0.4, 0.5) is 0 Å². The first-order valence-corrected chi connectivity index (χ1v) is 6.18. The summed E-state index contributed by atoms with van der Waals surface area (Å²) in [6, 6.07) is 4.97. The molecule has 0 aliphatic carbocycles. The van der Waals surface area contributed by atoms with Gasteiger partial charge in [0.1, 0.15) is 5.75 Å². The van der Waals surface area contributed by atoms with E-state index in [1.807, 2.05) is 0 Å². The molecule has 0 saturated carbocycles. The summed E-state index contributed by atoms with van der Waals surface area (Å²) < 4.78 is 5.08. The van der Waals surface area contributed by atoms with Crippen LogP contribution in [0.2, 0.25) is 0 Å². The van der Waals surface area contributed by atoms with Crippen LogP contribution in [0, 0.1) is 0 Å². The number of aromatic hydroxyl groups is 1. The van der Waals surface area contributed by atoms with Crippen LogP contribution >= 0.6 is 0 Å². The maximum absolute atomic E-state index is 12.0. The van der Waals surface area contributed by atoms with E-state index >= 15 is 0 Å². The number of ether oxygens (including phenoxy) is 1. The predicted octanol–water partition coefficient (Wildman–Crippen LogP) is 3.00. The van der Waals surface area contributed by atoms with Crippen molar-refractivity contribution in [2.24, 2.45) is 0 Å². The number of hydrogen-bond donors (Lipinski definition) is 2. The molecule has 0 spiro atoms. The lowest BCUT2D eigenvalue weighted by molar-refractivity contribution is 0.0527. The average molecular weight is 247 g/mol. The quantitative estimate of drug-likeness (QED) is 0.816. The Hall–Kier alpha value is -1.97. The van der Waals surface area contributed by atoms with Gasteiger partial charge in [0.15, 0.2) is 0 Å². The summed E-state index contributed by atoms with van der Waals surface area (Å²) in [6.07, 6.45) is 1.72. The first-order valence-electron chi connectivity index (χ1n) is 6.18. The molecule has 0 aliphatic heterocycles. The number of H-pyrrole nitrogens is 1. The standard InChI is InChI=1S/C14H17NO3/c1-3-5-12-13(14(17)18-4-2)10-8-9(16)6-7-11(10)15-12/h6-8,15-16H,3-5H2,1-2H3.